The van der Waals surface area contributed by atoms with Gasteiger partial charge in [-0.1, -0.05) is 0 Å². The molecule has 20 atom stereocenters. The lowest BCUT2D eigenvalue weighted by Gasteiger charge is -2.48. The van der Waals surface area contributed by atoms with Crippen LogP contribution >= 0.6 is 0 Å². The molecule has 30 nitrogen and oxygen atoms in total. The number of rotatable bonds is 19. The third kappa shape index (κ3) is 15.4. The Hall–Kier alpha value is -4.80. The Kier molecular flexibility index (Phi) is 21.5. The van der Waals surface area contributed by atoms with Gasteiger partial charge in [0.15, 0.2) is 49.2 Å². The summed E-state index contributed by atoms with van der Waals surface area (Å²) in [6.07, 6.45) is -37.5. The van der Waals surface area contributed by atoms with Crippen molar-refractivity contribution in [2.45, 2.75) is 171 Å². The summed E-state index contributed by atoms with van der Waals surface area (Å²) >= 11 is 0. The van der Waals surface area contributed by atoms with Gasteiger partial charge in [0, 0.05) is 48.5 Å². The van der Waals surface area contributed by atoms with E-state index in [4.69, 9.17) is 71.1 Å². The molecular weight excluding hydrogens is 960 g/mol. The largest absolute Gasteiger partial charge is 0.463 e. The number of aliphatic hydroxyl groups excluding tert-OH is 7. The molecule has 0 aromatic carbocycles. The van der Waals surface area contributed by atoms with E-state index in [9.17, 15) is 74.1 Å². The topological polar surface area (TPSA) is 417 Å². The van der Waals surface area contributed by atoms with Crippen LogP contribution in [0.25, 0.3) is 0 Å². The highest BCUT2D eigenvalue weighted by Gasteiger charge is 2.58. The predicted octanol–water partition coefficient (Wildman–Crippen LogP) is -6.21. The van der Waals surface area contributed by atoms with Crippen molar-refractivity contribution in [1.29, 1.82) is 0 Å². The first-order valence-corrected chi connectivity index (χ1v) is 21.4. The van der Waals surface area contributed by atoms with Crippen LogP contribution in [0.1, 0.15) is 48.5 Å². The average Bonchev–Trinajstić information content (AvgIpc) is 3.26. The van der Waals surface area contributed by atoms with Crippen molar-refractivity contribution < 1.29 is 145 Å². The molecule has 0 aliphatic carbocycles. The lowest BCUT2D eigenvalue weighted by Crippen LogP contribution is -2.67. The molecule has 0 radical (unpaired) electrons. The van der Waals surface area contributed by atoms with E-state index in [1.807, 2.05) is 0 Å². The van der Waals surface area contributed by atoms with Gasteiger partial charge in [-0.3, -0.25) is 33.6 Å². The molecule has 0 amide bonds. The molecule has 30 heteroatoms. The van der Waals surface area contributed by atoms with Gasteiger partial charge >= 0.3 is 47.8 Å². The van der Waals surface area contributed by atoms with Gasteiger partial charge in [-0.15, -0.1) is 0 Å². The van der Waals surface area contributed by atoms with Crippen LogP contribution in [-0.4, -0.2) is 239 Å². The van der Waals surface area contributed by atoms with Crippen molar-refractivity contribution in [2.75, 3.05) is 33.0 Å². The summed E-state index contributed by atoms with van der Waals surface area (Å²) in [5.41, 5.74) is 0. The predicted molar refractivity (Wildman–Crippen MR) is 212 cm³/mol. The van der Waals surface area contributed by atoms with Crippen LogP contribution in [0.3, 0.4) is 0 Å². The summed E-state index contributed by atoms with van der Waals surface area (Å²) in [7, 11) is 0. The molecule has 4 aliphatic heterocycles. The zero-order chi connectivity index (χ0) is 52.3. The minimum absolute atomic E-state index is 0.712. The summed E-state index contributed by atoms with van der Waals surface area (Å²) in [6, 6.07) is 0. The summed E-state index contributed by atoms with van der Waals surface area (Å²) in [5, 5.41) is 72.6. The van der Waals surface area contributed by atoms with Gasteiger partial charge in [-0.05, 0) is 0 Å². The molecule has 4 fully saturated rings. The molecule has 4 heterocycles. The molecule has 7 N–H and O–H groups in total. The van der Waals surface area contributed by atoms with Crippen molar-refractivity contribution in [3.8, 4) is 0 Å². The van der Waals surface area contributed by atoms with Crippen molar-refractivity contribution >= 4 is 47.8 Å². The van der Waals surface area contributed by atoms with E-state index >= 15 is 0 Å². The highest BCUT2D eigenvalue weighted by Crippen LogP contribution is 2.36. The molecule has 0 saturated carbocycles. The molecule has 0 bridgehead atoms. The maximum absolute atomic E-state index is 13.8. The molecule has 0 aromatic heterocycles. The van der Waals surface area contributed by atoms with Gasteiger partial charge in [-0.2, -0.15) is 0 Å². The Balaban J connectivity index is 1.71. The summed E-state index contributed by atoms with van der Waals surface area (Å²) in [6.45, 7) is 2.08. The van der Waals surface area contributed by atoms with Crippen LogP contribution in [0, 0.1) is 0 Å². The quantitative estimate of drug-likeness (QED) is 0.0467. The summed E-state index contributed by atoms with van der Waals surface area (Å²) < 4.78 is 82.9. The molecule has 398 valence electrons. The lowest BCUT2D eigenvalue weighted by molar-refractivity contribution is -0.379. The first-order valence-electron chi connectivity index (χ1n) is 21.4. The highest BCUT2D eigenvalue weighted by molar-refractivity contribution is 5.72. The van der Waals surface area contributed by atoms with Crippen molar-refractivity contribution in [3.63, 3.8) is 0 Å². The maximum atomic E-state index is 13.8. The second-order valence-electron chi connectivity index (χ2n) is 16.0. The minimum Gasteiger partial charge on any atom is -0.463 e. The van der Waals surface area contributed by atoms with E-state index in [-0.39, 0.29) is 0 Å². The lowest BCUT2D eigenvalue weighted by atomic mass is 9.96. The normalized spacial score (nSPS) is 37.4. The van der Waals surface area contributed by atoms with Gasteiger partial charge in [-0.25, -0.2) is 4.79 Å². The summed E-state index contributed by atoms with van der Waals surface area (Å²) in [5.74, 6) is -8.42. The van der Waals surface area contributed by atoms with Crippen LogP contribution in [0.15, 0.2) is 0 Å². The molecule has 4 saturated heterocycles. The second kappa shape index (κ2) is 26.1. The van der Waals surface area contributed by atoms with Crippen molar-refractivity contribution in [1.82, 2.24) is 0 Å². The number of esters is 8. The van der Waals surface area contributed by atoms with E-state index in [2.05, 4.69) is 0 Å². The molecule has 0 unspecified atom stereocenters. The fourth-order valence-corrected chi connectivity index (χ4v) is 7.56. The van der Waals surface area contributed by atoms with Gasteiger partial charge < -0.3 is 107 Å². The number of aliphatic hydroxyl groups is 7. The molecule has 0 aromatic rings. The van der Waals surface area contributed by atoms with E-state index in [0.29, 0.717) is 0 Å². The smallest absolute Gasteiger partial charge is 0.332 e. The van der Waals surface area contributed by atoms with Crippen molar-refractivity contribution in [3.05, 3.63) is 0 Å². The van der Waals surface area contributed by atoms with E-state index in [1.54, 1.807) is 0 Å². The van der Waals surface area contributed by atoms with E-state index < -0.39 is 204 Å². The Morgan fingerprint density at radius 1 is 0.371 bits per heavy atom. The van der Waals surface area contributed by atoms with Crippen LogP contribution in [0.4, 0.5) is 0 Å². The van der Waals surface area contributed by atoms with E-state index in [1.165, 1.54) is 0 Å². The van der Waals surface area contributed by atoms with Crippen LogP contribution in [0.2, 0.25) is 0 Å². The first kappa shape index (κ1) is 57.8. The van der Waals surface area contributed by atoms with Gasteiger partial charge in [0.2, 0.25) is 12.6 Å². The standard InChI is InChI=1S/C40H58O30/c1-13(43)56-10-22-30(59-15(3)45)33(61-17(5)47)35(62-18(6)48)39(66-22)70-40-36(63-19(7)49)34(31(60-16(4)46)23(67-40)11-57-14(2)44)68-24(50)12-58-32-26(52)21(9-42)65-38(29(32)55)69-37-28(54)27(53)25(51)20(8-41)64-37/h20-23,25-42,51-55H,8-12H2,1-7H3/t20-,21-,22-,23-,25-,26-,27+,28-,29-,30-,31-,32+,33+,34+,35-,36-,37-,38-,39-,40-/m1/s1. The SMILES string of the molecule is CC(=O)OC[C@H]1O[C@H](O[C@H]2O[C@H](COC(C)=O)[C@@H](OC(C)=O)[C@H](OC(=O)CO[C@@H]3[C@@H](O)[C@@H](O[C@H]4O[C@H](CO)[C@@H](O)[C@H](O)[C@H]4O)O[C@H](CO)[C@H]3O)[C@H]2OC(C)=O)[C@H](OC(C)=O)[C@@H](OC(C)=O)[C@@H]1OC(C)=O. The van der Waals surface area contributed by atoms with Gasteiger partial charge in [0.25, 0.3) is 0 Å². The fourth-order valence-electron chi connectivity index (χ4n) is 7.56. The zero-order valence-electron chi connectivity index (χ0n) is 38.6. The number of ether oxygens (including phenoxy) is 15. The monoisotopic (exact) mass is 1020 g/mol. The Morgan fingerprint density at radius 2 is 0.729 bits per heavy atom. The number of hydrogen-bond acceptors (Lipinski definition) is 30. The molecule has 4 rings (SSSR count). The molecule has 0 spiro atoms. The zero-order valence-corrected chi connectivity index (χ0v) is 38.6. The molecule has 70 heavy (non-hydrogen) atoms. The second-order valence-corrected chi connectivity index (χ2v) is 16.0. The fraction of sp³-hybridized carbons (Fsp3) is 0.800. The van der Waals surface area contributed by atoms with Crippen molar-refractivity contribution in [2.24, 2.45) is 0 Å². The third-order valence-electron chi connectivity index (χ3n) is 10.5. The molecular formula is C40H58O30. The van der Waals surface area contributed by atoms with Gasteiger partial charge in [0.1, 0.15) is 80.9 Å². The number of carbonyl (C=O) groups is 8. The summed E-state index contributed by atoms with van der Waals surface area (Å²) in [4.78, 5) is 100. The van der Waals surface area contributed by atoms with Crippen LogP contribution < -0.4 is 0 Å². The Bertz CT molecular complexity index is 1830. The van der Waals surface area contributed by atoms with Gasteiger partial charge in [0.05, 0.1) is 13.2 Å². The Labute approximate surface area is 397 Å². The van der Waals surface area contributed by atoms with E-state index in [0.717, 1.165) is 48.5 Å². The van der Waals surface area contributed by atoms with Crippen LogP contribution in [0.5, 0.6) is 0 Å². The minimum atomic E-state index is -2.12. The number of carbonyl (C=O) groups excluding carboxylic acids is 8. The maximum Gasteiger partial charge on any atom is 0.332 e. The first-order chi connectivity index (χ1) is 32.9. The number of hydrogen-bond donors (Lipinski definition) is 7. The van der Waals surface area contributed by atoms with Crippen LogP contribution in [-0.2, 0) is 109 Å². The third-order valence-corrected chi connectivity index (χ3v) is 10.5. The average molecular weight is 1020 g/mol. The highest BCUT2D eigenvalue weighted by atomic mass is 16.8. The Morgan fingerprint density at radius 3 is 1.14 bits per heavy atom. The molecule has 4 aliphatic rings.